The van der Waals surface area contributed by atoms with Crippen LogP contribution in [0.15, 0.2) is 24.3 Å². The first-order chi connectivity index (χ1) is 8.13. The van der Waals surface area contributed by atoms with Gasteiger partial charge >= 0.3 is 0 Å². The molecular weight excluding hydrogens is 214 g/mol. The molecule has 0 unspecified atom stereocenters. The molecule has 1 aromatic carbocycles. The lowest BCUT2D eigenvalue weighted by Crippen LogP contribution is -2.47. The van der Waals surface area contributed by atoms with Gasteiger partial charge in [0.05, 0.1) is 20.3 Å². The van der Waals surface area contributed by atoms with Crippen molar-refractivity contribution in [2.24, 2.45) is 5.41 Å². The van der Waals surface area contributed by atoms with Crippen molar-refractivity contribution in [3.8, 4) is 5.75 Å². The van der Waals surface area contributed by atoms with Crippen molar-refractivity contribution in [2.75, 3.05) is 26.9 Å². The number of benzene rings is 1. The number of hydrogen-bond acceptors (Lipinski definition) is 3. The molecule has 1 fully saturated rings. The molecular formula is C14H21NO2. The Morgan fingerprint density at radius 1 is 1.47 bits per heavy atom. The van der Waals surface area contributed by atoms with Crippen LogP contribution < -0.4 is 10.1 Å². The van der Waals surface area contributed by atoms with Crippen molar-refractivity contribution < 1.29 is 9.47 Å². The highest BCUT2D eigenvalue weighted by Gasteiger charge is 2.33. The van der Waals surface area contributed by atoms with Gasteiger partial charge in [0.25, 0.3) is 0 Å². The summed E-state index contributed by atoms with van der Waals surface area (Å²) in [6.45, 7) is 7.15. The SMILES string of the molecule is COc1cccc([C@@H](C)NCC2(C)COC2)c1. The van der Waals surface area contributed by atoms with Gasteiger partial charge in [-0.2, -0.15) is 0 Å². The van der Waals surface area contributed by atoms with E-state index in [9.17, 15) is 0 Å². The van der Waals surface area contributed by atoms with Crippen LogP contribution in [0.25, 0.3) is 0 Å². The van der Waals surface area contributed by atoms with Gasteiger partial charge in [-0.1, -0.05) is 19.1 Å². The summed E-state index contributed by atoms with van der Waals surface area (Å²) in [5.41, 5.74) is 1.57. The maximum atomic E-state index is 5.25. The highest BCUT2D eigenvalue weighted by molar-refractivity contribution is 5.30. The molecule has 0 aliphatic carbocycles. The monoisotopic (exact) mass is 235 g/mol. The van der Waals surface area contributed by atoms with E-state index in [1.807, 2.05) is 12.1 Å². The van der Waals surface area contributed by atoms with E-state index in [0.717, 1.165) is 25.5 Å². The minimum Gasteiger partial charge on any atom is -0.497 e. The van der Waals surface area contributed by atoms with Crippen molar-refractivity contribution in [3.05, 3.63) is 29.8 Å². The summed E-state index contributed by atoms with van der Waals surface area (Å²) in [4.78, 5) is 0. The Balaban J connectivity index is 1.91. The van der Waals surface area contributed by atoms with Gasteiger partial charge in [-0.15, -0.1) is 0 Å². The molecule has 0 bridgehead atoms. The van der Waals surface area contributed by atoms with Crippen LogP contribution in [0.1, 0.15) is 25.5 Å². The second-order valence-electron chi connectivity index (χ2n) is 5.18. The molecule has 1 saturated heterocycles. The summed E-state index contributed by atoms with van der Waals surface area (Å²) in [6, 6.07) is 8.54. The molecule has 0 saturated carbocycles. The second kappa shape index (κ2) is 5.07. The van der Waals surface area contributed by atoms with Crippen LogP contribution in [0.4, 0.5) is 0 Å². The molecule has 1 atom stereocenters. The lowest BCUT2D eigenvalue weighted by atomic mass is 9.88. The molecule has 1 aromatic rings. The topological polar surface area (TPSA) is 30.5 Å². The normalized spacial score (nSPS) is 19.5. The Kier molecular flexibility index (Phi) is 3.69. The molecule has 1 aliphatic heterocycles. The number of ether oxygens (including phenoxy) is 2. The first kappa shape index (κ1) is 12.4. The summed E-state index contributed by atoms with van der Waals surface area (Å²) < 4.78 is 10.5. The fourth-order valence-corrected chi connectivity index (χ4v) is 1.98. The Hall–Kier alpha value is -1.06. The van der Waals surface area contributed by atoms with Crippen molar-refractivity contribution in [2.45, 2.75) is 19.9 Å². The lowest BCUT2D eigenvalue weighted by Gasteiger charge is -2.39. The smallest absolute Gasteiger partial charge is 0.119 e. The fourth-order valence-electron chi connectivity index (χ4n) is 1.98. The quantitative estimate of drug-likeness (QED) is 0.850. The molecule has 1 N–H and O–H groups in total. The van der Waals surface area contributed by atoms with Crippen LogP contribution in [0.2, 0.25) is 0 Å². The van der Waals surface area contributed by atoms with Gasteiger partial charge in [-0.05, 0) is 24.6 Å². The van der Waals surface area contributed by atoms with Gasteiger partial charge < -0.3 is 14.8 Å². The fraction of sp³-hybridized carbons (Fsp3) is 0.571. The second-order valence-corrected chi connectivity index (χ2v) is 5.18. The van der Waals surface area contributed by atoms with Gasteiger partial charge in [-0.3, -0.25) is 0 Å². The van der Waals surface area contributed by atoms with Gasteiger partial charge in [0.15, 0.2) is 0 Å². The number of hydrogen-bond donors (Lipinski definition) is 1. The Morgan fingerprint density at radius 3 is 2.82 bits per heavy atom. The molecule has 3 heteroatoms. The van der Waals surface area contributed by atoms with Crippen LogP contribution >= 0.6 is 0 Å². The molecule has 0 amide bonds. The standard InChI is InChI=1S/C14H21NO2/c1-11(15-8-14(2)9-17-10-14)12-5-4-6-13(7-12)16-3/h4-7,11,15H,8-10H2,1-3H3/t11-/m1/s1. The lowest BCUT2D eigenvalue weighted by molar-refractivity contribution is -0.0999. The van der Waals surface area contributed by atoms with E-state index < -0.39 is 0 Å². The van der Waals surface area contributed by atoms with E-state index in [2.05, 4.69) is 31.3 Å². The maximum absolute atomic E-state index is 5.25. The highest BCUT2D eigenvalue weighted by atomic mass is 16.5. The minimum absolute atomic E-state index is 0.313. The minimum atomic E-state index is 0.313. The zero-order chi connectivity index (χ0) is 12.3. The highest BCUT2D eigenvalue weighted by Crippen LogP contribution is 2.27. The molecule has 0 spiro atoms. The van der Waals surface area contributed by atoms with Crippen LogP contribution in [-0.4, -0.2) is 26.9 Å². The third kappa shape index (κ3) is 2.99. The van der Waals surface area contributed by atoms with Gasteiger partial charge in [0.1, 0.15) is 5.75 Å². The van der Waals surface area contributed by atoms with E-state index in [-0.39, 0.29) is 0 Å². The molecule has 17 heavy (non-hydrogen) atoms. The third-order valence-electron chi connectivity index (χ3n) is 3.33. The summed E-state index contributed by atoms with van der Waals surface area (Å²) in [7, 11) is 1.70. The zero-order valence-electron chi connectivity index (χ0n) is 10.8. The van der Waals surface area contributed by atoms with E-state index in [0.29, 0.717) is 11.5 Å². The van der Waals surface area contributed by atoms with Gasteiger partial charge in [0.2, 0.25) is 0 Å². The van der Waals surface area contributed by atoms with E-state index >= 15 is 0 Å². The van der Waals surface area contributed by atoms with Crippen LogP contribution in [0, 0.1) is 5.41 Å². The van der Waals surface area contributed by atoms with Crippen molar-refractivity contribution in [3.63, 3.8) is 0 Å². The first-order valence-electron chi connectivity index (χ1n) is 6.08. The largest absolute Gasteiger partial charge is 0.497 e. The van der Waals surface area contributed by atoms with Crippen LogP contribution in [0.5, 0.6) is 5.75 Å². The zero-order valence-corrected chi connectivity index (χ0v) is 10.8. The third-order valence-corrected chi connectivity index (χ3v) is 3.33. The molecule has 0 aromatic heterocycles. The van der Waals surface area contributed by atoms with E-state index in [1.165, 1.54) is 5.56 Å². The molecule has 0 radical (unpaired) electrons. The van der Waals surface area contributed by atoms with Crippen LogP contribution in [-0.2, 0) is 4.74 Å². The average Bonchev–Trinajstić information content (AvgIpc) is 2.33. The van der Waals surface area contributed by atoms with Gasteiger partial charge in [-0.25, -0.2) is 0 Å². The Bertz CT molecular complexity index is 374. The summed E-state index contributed by atoms with van der Waals surface area (Å²) >= 11 is 0. The number of nitrogens with one attached hydrogen (secondary N) is 1. The van der Waals surface area contributed by atoms with E-state index in [1.54, 1.807) is 7.11 Å². The molecule has 1 heterocycles. The van der Waals surface area contributed by atoms with E-state index in [4.69, 9.17) is 9.47 Å². The van der Waals surface area contributed by atoms with Crippen molar-refractivity contribution in [1.82, 2.24) is 5.32 Å². The molecule has 94 valence electrons. The average molecular weight is 235 g/mol. The predicted molar refractivity (Wildman–Crippen MR) is 68.3 cm³/mol. The van der Waals surface area contributed by atoms with Crippen LogP contribution in [0.3, 0.4) is 0 Å². The molecule has 3 nitrogen and oxygen atoms in total. The summed E-state index contributed by atoms with van der Waals surface area (Å²) in [5, 5.41) is 3.56. The molecule has 2 rings (SSSR count). The Morgan fingerprint density at radius 2 is 2.24 bits per heavy atom. The maximum Gasteiger partial charge on any atom is 0.119 e. The first-order valence-corrected chi connectivity index (χ1v) is 6.08. The summed E-state index contributed by atoms with van der Waals surface area (Å²) in [5.74, 6) is 0.911. The summed E-state index contributed by atoms with van der Waals surface area (Å²) in [6.07, 6.45) is 0. The molecule has 1 aliphatic rings. The predicted octanol–water partition coefficient (Wildman–Crippen LogP) is 2.38. The van der Waals surface area contributed by atoms with Crippen molar-refractivity contribution in [1.29, 1.82) is 0 Å². The number of methoxy groups -OCH3 is 1. The number of rotatable bonds is 5. The van der Waals surface area contributed by atoms with Crippen molar-refractivity contribution >= 4 is 0 Å². The van der Waals surface area contributed by atoms with Gasteiger partial charge in [0, 0.05) is 18.0 Å². The Labute approximate surface area is 103 Å².